The second-order valence-corrected chi connectivity index (χ2v) is 8.80. The molecule has 0 saturated carbocycles. The summed E-state index contributed by atoms with van der Waals surface area (Å²) in [6.07, 6.45) is 1.82. The van der Waals surface area contributed by atoms with Gasteiger partial charge < -0.3 is 10.1 Å². The van der Waals surface area contributed by atoms with Gasteiger partial charge in [0.15, 0.2) is 5.17 Å². The Hall–Kier alpha value is -2.73. The van der Waals surface area contributed by atoms with Crippen LogP contribution in [-0.4, -0.2) is 11.1 Å². The lowest BCUT2D eigenvalue weighted by molar-refractivity contribution is -0.115. The highest BCUT2D eigenvalue weighted by molar-refractivity contribution is 8.18. The summed E-state index contributed by atoms with van der Waals surface area (Å²) in [5.74, 6) is 0.569. The van der Waals surface area contributed by atoms with Crippen LogP contribution < -0.4 is 10.1 Å². The van der Waals surface area contributed by atoms with Crippen LogP contribution in [0, 0.1) is 6.92 Å². The Bertz CT molecular complexity index is 1170. The SMILES string of the molecule is Cc1ccc(COc2ccc(C=C3SC(=Nc4ccc(Cl)cc4Cl)NC3=O)cc2)cc1. The maximum absolute atomic E-state index is 12.3. The molecule has 1 aliphatic heterocycles. The number of hydrogen-bond donors (Lipinski definition) is 1. The van der Waals surface area contributed by atoms with E-state index in [2.05, 4.69) is 41.5 Å². The van der Waals surface area contributed by atoms with Gasteiger partial charge in [0.1, 0.15) is 12.4 Å². The predicted octanol–water partition coefficient (Wildman–Crippen LogP) is 6.77. The highest BCUT2D eigenvalue weighted by Gasteiger charge is 2.24. The minimum absolute atomic E-state index is 0.200. The van der Waals surface area contributed by atoms with Gasteiger partial charge in [-0.1, -0.05) is 65.2 Å². The number of amides is 1. The summed E-state index contributed by atoms with van der Waals surface area (Å²) in [5.41, 5.74) is 3.78. The smallest absolute Gasteiger partial charge is 0.264 e. The third-order valence-electron chi connectivity index (χ3n) is 4.49. The van der Waals surface area contributed by atoms with E-state index < -0.39 is 0 Å². The summed E-state index contributed by atoms with van der Waals surface area (Å²) in [4.78, 5) is 17.3. The quantitative estimate of drug-likeness (QED) is 0.420. The number of nitrogens with one attached hydrogen (secondary N) is 1. The lowest BCUT2D eigenvalue weighted by Crippen LogP contribution is -2.19. The number of carbonyl (C=O) groups excluding carboxylic acids is 1. The number of nitrogens with zero attached hydrogens (tertiary/aromatic N) is 1. The standard InChI is InChI=1S/C24H18Cl2N2O2S/c1-15-2-4-17(5-3-15)14-30-19-9-6-16(7-10-19)12-22-23(29)28-24(31-22)27-21-11-8-18(25)13-20(21)26/h2-13H,14H2,1H3,(H,27,28,29). The first kappa shape index (κ1) is 21.5. The number of ether oxygens (including phenoxy) is 1. The zero-order valence-corrected chi connectivity index (χ0v) is 18.9. The Morgan fingerprint density at radius 2 is 1.77 bits per heavy atom. The first-order valence-corrected chi connectivity index (χ1v) is 11.1. The fourth-order valence-electron chi connectivity index (χ4n) is 2.82. The molecule has 1 N–H and O–H groups in total. The van der Waals surface area contributed by atoms with E-state index in [-0.39, 0.29) is 5.91 Å². The van der Waals surface area contributed by atoms with E-state index in [1.54, 1.807) is 18.2 Å². The molecule has 0 spiro atoms. The first-order chi connectivity index (χ1) is 15.0. The molecule has 156 valence electrons. The summed E-state index contributed by atoms with van der Waals surface area (Å²) >= 11 is 13.3. The number of aryl methyl sites for hydroxylation is 1. The largest absolute Gasteiger partial charge is 0.489 e. The fraction of sp³-hybridized carbons (Fsp3) is 0.0833. The van der Waals surface area contributed by atoms with E-state index in [9.17, 15) is 4.79 Å². The van der Waals surface area contributed by atoms with E-state index >= 15 is 0 Å². The molecule has 4 nitrogen and oxygen atoms in total. The Kier molecular flexibility index (Phi) is 6.66. The molecule has 0 unspecified atom stereocenters. The van der Waals surface area contributed by atoms with Crippen molar-refractivity contribution in [3.63, 3.8) is 0 Å². The van der Waals surface area contributed by atoms with E-state index in [1.807, 2.05) is 30.3 Å². The molecule has 1 aliphatic rings. The number of rotatable bonds is 5. The Balaban J connectivity index is 1.41. The summed E-state index contributed by atoms with van der Waals surface area (Å²) < 4.78 is 5.83. The monoisotopic (exact) mass is 468 g/mol. The number of amidine groups is 1. The van der Waals surface area contributed by atoms with Crippen molar-refractivity contribution in [1.82, 2.24) is 5.32 Å². The van der Waals surface area contributed by atoms with Crippen molar-refractivity contribution in [3.05, 3.63) is 98.4 Å². The zero-order chi connectivity index (χ0) is 21.8. The number of hydrogen-bond acceptors (Lipinski definition) is 4. The molecular weight excluding hydrogens is 451 g/mol. The van der Waals surface area contributed by atoms with Crippen LogP contribution in [0.5, 0.6) is 5.75 Å². The number of carbonyl (C=O) groups is 1. The average molecular weight is 469 g/mol. The maximum Gasteiger partial charge on any atom is 0.264 e. The van der Waals surface area contributed by atoms with Crippen molar-refractivity contribution in [1.29, 1.82) is 0 Å². The molecule has 3 aromatic rings. The number of halogens is 2. The van der Waals surface area contributed by atoms with Crippen LogP contribution in [0.3, 0.4) is 0 Å². The molecule has 1 fully saturated rings. The fourth-order valence-corrected chi connectivity index (χ4v) is 4.11. The maximum atomic E-state index is 12.3. The number of thioether (sulfide) groups is 1. The molecule has 4 rings (SSSR count). The molecule has 0 aliphatic carbocycles. The van der Waals surface area contributed by atoms with Gasteiger partial charge in [-0.2, -0.15) is 0 Å². The molecule has 3 aromatic carbocycles. The molecule has 1 saturated heterocycles. The highest BCUT2D eigenvalue weighted by atomic mass is 35.5. The minimum atomic E-state index is -0.200. The van der Waals surface area contributed by atoms with Gasteiger partial charge in [-0.15, -0.1) is 0 Å². The van der Waals surface area contributed by atoms with Gasteiger partial charge >= 0.3 is 0 Å². The normalized spacial score (nSPS) is 16.0. The lowest BCUT2D eigenvalue weighted by Gasteiger charge is -2.07. The van der Waals surface area contributed by atoms with E-state index in [0.29, 0.717) is 32.4 Å². The molecule has 0 radical (unpaired) electrons. The van der Waals surface area contributed by atoms with Gasteiger partial charge in [0.25, 0.3) is 5.91 Å². The van der Waals surface area contributed by atoms with E-state index in [1.165, 1.54) is 17.3 Å². The van der Waals surface area contributed by atoms with Gasteiger partial charge in [0.05, 0.1) is 15.6 Å². The van der Waals surface area contributed by atoms with Crippen LogP contribution in [0.15, 0.2) is 76.6 Å². The van der Waals surface area contributed by atoms with Gasteiger partial charge in [0.2, 0.25) is 0 Å². The topological polar surface area (TPSA) is 50.7 Å². The summed E-state index contributed by atoms with van der Waals surface area (Å²) in [5, 5.41) is 4.18. The Morgan fingerprint density at radius 1 is 1.03 bits per heavy atom. The average Bonchev–Trinajstić information content (AvgIpc) is 3.09. The van der Waals surface area contributed by atoms with Crippen molar-refractivity contribution in [2.24, 2.45) is 4.99 Å². The van der Waals surface area contributed by atoms with E-state index in [0.717, 1.165) is 16.9 Å². The number of benzene rings is 3. The molecule has 1 amide bonds. The molecular formula is C24H18Cl2N2O2S. The lowest BCUT2D eigenvalue weighted by atomic mass is 10.1. The van der Waals surface area contributed by atoms with Crippen LogP contribution >= 0.6 is 35.0 Å². The van der Waals surface area contributed by atoms with Crippen molar-refractivity contribution in [3.8, 4) is 5.75 Å². The minimum Gasteiger partial charge on any atom is -0.489 e. The van der Waals surface area contributed by atoms with Crippen molar-refractivity contribution >= 4 is 57.8 Å². The van der Waals surface area contributed by atoms with Gasteiger partial charge in [-0.05, 0) is 66.2 Å². The summed E-state index contributed by atoms with van der Waals surface area (Å²) in [7, 11) is 0. The third-order valence-corrected chi connectivity index (χ3v) is 5.93. The van der Waals surface area contributed by atoms with Crippen molar-refractivity contribution in [2.75, 3.05) is 0 Å². The molecule has 0 atom stereocenters. The van der Waals surface area contributed by atoms with Gasteiger partial charge in [0, 0.05) is 5.02 Å². The van der Waals surface area contributed by atoms with Crippen LogP contribution in [0.25, 0.3) is 6.08 Å². The first-order valence-electron chi connectivity index (χ1n) is 9.49. The second kappa shape index (κ2) is 9.60. The molecule has 0 aromatic heterocycles. The molecule has 31 heavy (non-hydrogen) atoms. The second-order valence-electron chi connectivity index (χ2n) is 6.92. The Morgan fingerprint density at radius 3 is 2.48 bits per heavy atom. The van der Waals surface area contributed by atoms with Crippen LogP contribution in [0.4, 0.5) is 5.69 Å². The van der Waals surface area contributed by atoms with Gasteiger partial charge in [-0.25, -0.2) is 4.99 Å². The Labute approximate surface area is 194 Å². The molecule has 1 heterocycles. The van der Waals surface area contributed by atoms with Gasteiger partial charge in [-0.3, -0.25) is 4.79 Å². The van der Waals surface area contributed by atoms with Crippen molar-refractivity contribution < 1.29 is 9.53 Å². The molecule has 0 bridgehead atoms. The van der Waals surface area contributed by atoms with Crippen LogP contribution in [0.2, 0.25) is 10.0 Å². The van der Waals surface area contributed by atoms with Crippen LogP contribution in [0.1, 0.15) is 16.7 Å². The van der Waals surface area contributed by atoms with E-state index in [4.69, 9.17) is 27.9 Å². The summed E-state index contributed by atoms with van der Waals surface area (Å²) in [6, 6.07) is 20.9. The highest BCUT2D eigenvalue weighted by Crippen LogP contribution is 2.32. The zero-order valence-electron chi connectivity index (χ0n) is 16.6. The third kappa shape index (κ3) is 5.70. The summed E-state index contributed by atoms with van der Waals surface area (Å²) in [6.45, 7) is 2.56. The van der Waals surface area contributed by atoms with Crippen LogP contribution in [-0.2, 0) is 11.4 Å². The number of aliphatic imine (C=N–C) groups is 1. The van der Waals surface area contributed by atoms with Crippen molar-refractivity contribution in [2.45, 2.75) is 13.5 Å². The molecule has 7 heteroatoms. The predicted molar refractivity (Wildman–Crippen MR) is 129 cm³/mol.